The summed E-state index contributed by atoms with van der Waals surface area (Å²) < 4.78 is 5.48. The molecule has 0 heterocycles. The number of benzene rings is 2. The summed E-state index contributed by atoms with van der Waals surface area (Å²) in [5.41, 5.74) is 3.32. The lowest BCUT2D eigenvalue weighted by Gasteiger charge is -2.15. The van der Waals surface area contributed by atoms with Gasteiger partial charge in [-0.2, -0.15) is 0 Å². The van der Waals surface area contributed by atoms with Crippen molar-refractivity contribution < 1.29 is 14.6 Å². The number of amides is 1. The molecule has 4 nitrogen and oxygen atoms in total. The van der Waals surface area contributed by atoms with Gasteiger partial charge in [0.1, 0.15) is 12.4 Å². The summed E-state index contributed by atoms with van der Waals surface area (Å²) in [7, 11) is 0. The average molecular weight is 327 g/mol. The van der Waals surface area contributed by atoms with Gasteiger partial charge in [-0.1, -0.05) is 49.4 Å². The Morgan fingerprint density at radius 2 is 1.88 bits per heavy atom. The molecule has 0 radical (unpaired) electrons. The highest BCUT2D eigenvalue weighted by Gasteiger charge is 2.13. The zero-order valence-electron chi connectivity index (χ0n) is 14.3. The second-order valence-corrected chi connectivity index (χ2v) is 5.92. The average Bonchev–Trinajstić information content (AvgIpc) is 2.59. The quantitative estimate of drug-likeness (QED) is 0.783. The number of aliphatic hydroxyl groups excluding tert-OH is 1. The Balaban J connectivity index is 1.91. The fourth-order valence-electron chi connectivity index (χ4n) is 2.74. The van der Waals surface area contributed by atoms with E-state index in [0.29, 0.717) is 18.7 Å². The molecule has 0 bridgehead atoms. The van der Waals surface area contributed by atoms with Crippen LogP contribution in [0.25, 0.3) is 0 Å². The first-order valence-electron chi connectivity index (χ1n) is 8.25. The molecule has 0 aliphatic rings. The molecular formula is C20H25NO3. The van der Waals surface area contributed by atoms with E-state index in [1.165, 1.54) is 11.1 Å². The molecule has 0 fully saturated rings. The van der Waals surface area contributed by atoms with Crippen molar-refractivity contribution in [2.24, 2.45) is 0 Å². The molecule has 24 heavy (non-hydrogen) atoms. The third-order valence-electron chi connectivity index (χ3n) is 4.01. The van der Waals surface area contributed by atoms with Crippen LogP contribution in [-0.2, 0) is 11.3 Å². The van der Waals surface area contributed by atoms with Crippen LogP contribution >= 0.6 is 0 Å². The van der Waals surface area contributed by atoms with Crippen LogP contribution in [0.15, 0.2) is 48.5 Å². The van der Waals surface area contributed by atoms with Crippen LogP contribution in [-0.4, -0.2) is 24.2 Å². The topological polar surface area (TPSA) is 58.6 Å². The molecule has 0 saturated carbocycles. The minimum Gasteiger partial charge on any atom is -0.491 e. The molecule has 0 aliphatic heterocycles. The lowest BCUT2D eigenvalue weighted by atomic mass is 9.93. The summed E-state index contributed by atoms with van der Waals surface area (Å²) in [6.07, 6.45) is 0.449. The summed E-state index contributed by atoms with van der Waals surface area (Å²) in [5.74, 6) is 0.883. The van der Waals surface area contributed by atoms with Crippen molar-refractivity contribution in [1.29, 1.82) is 0 Å². The fraction of sp³-hybridized carbons (Fsp3) is 0.350. The maximum absolute atomic E-state index is 12.2. The smallest absolute Gasteiger partial charge is 0.220 e. The van der Waals surface area contributed by atoms with Gasteiger partial charge in [0.05, 0.1) is 6.61 Å². The van der Waals surface area contributed by atoms with Gasteiger partial charge in [-0.15, -0.1) is 0 Å². The van der Waals surface area contributed by atoms with Crippen LogP contribution in [0.5, 0.6) is 5.75 Å². The van der Waals surface area contributed by atoms with Gasteiger partial charge in [-0.3, -0.25) is 4.79 Å². The first-order chi connectivity index (χ1) is 11.6. The predicted octanol–water partition coefficient (Wildman–Crippen LogP) is 3.18. The first kappa shape index (κ1) is 18.0. The van der Waals surface area contributed by atoms with Crippen molar-refractivity contribution in [3.05, 3.63) is 65.2 Å². The molecule has 4 heteroatoms. The Morgan fingerprint density at radius 3 is 2.62 bits per heavy atom. The molecule has 2 rings (SSSR count). The van der Waals surface area contributed by atoms with Crippen molar-refractivity contribution in [1.82, 2.24) is 5.32 Å². The van der Waals surface area contributed by atoms with Crippen LogP contribution in [0, 0.1) is 6.92 Å². The van der Waals surface area contributed by atoms with E-state index < -0.39 is 0 Å². The van der Waals surface area contributed by atoms with Gasteiger partial charge in [-0.25, -0.2) is 0 Å². The number of carbonyl (C=O) groups excluding carboxylic acids is 1. The van der Waals surface area contributed by atoms with Crippen LogP contribution in [0.3, 0.4) is 0 Å². The summed E-state index contributed by atoms with van der Waals surface area (Å²) in [5, 5.41) is 11.8. The molecule has 1 atom stereocenters. The molecule has 2 aromatic rings. The number of carbonyl (C=O) groups is 1. The van der Waals surface area contributed by atoms with Crippen LogP contribution < -0.4 is 10.1 Å². The molecule has 1 amide bonds. The van der Waals surface area contributed by atoms with Crippen molar-refractivity contribution in [3.63, 3.8) is 0 Å². The Kier molecular flexibility index (Phi) is 6.82. The van der Waals surface area contributed by atoms with Crippen LogP contribution in [0.2, 0.25) is 0 Å². The molecule has 0 aliphatic carbocycles. The summed E-state index contributed by atoms with van der Waals surface area (Å²) >= 11 is 0. The maximum Gasteiger partial charge on any atom is 0.220 e. The second-order valence-electron chi connectivity index (χ2n) is 5.92. The normalized spacial score (nSPS) is 11.8. The maximum atomic E-state index is 12.2. The first-order valence-corrected chi connectivity index (χ1v) is 8.25. The molecule has 0 spiro atoms. The largest absolute Gasteiger partial charge is 0.491 e. The van der Waals surface area contributed by atoms with Gasteiger partial charge >= 0.3 is 0 Å². The Bertz CT molecular complexity index is 669. The Hall–Kier alpha value is -2.33. The molecule has 2 N–H and O–H groups in total. The van der Waals surface area contributed by atoms with E-state index in [-0.39, 0.29) is 25.0 Å². The minimum absolute atomic E-state index is 0.0164. The minimum atomic E-state index is -0.0331. The highest BCUT2D eigenvalue weighted by molar-refractivity contribution is 5.77. The van der Waals surface area contributed by atoms with Crippen molar-refractivity contribution in [3.8, 4) is 5.75 Å². The zero-order valence-corrected chi connectivity index (χ0v) is 14.3. The van der Waals surface area contributed by atoms with E-state index in [1.54, 1.807) is 0 Å². The fourth-order valence-corrected chi connectivity index (χ4v) is 2.74. The molecule has 2 aromatic carbocycles. The number of hydrogen-bond acceptors (Lipinski definition) is 3. The number of rotatable bonds is 8. The third kappa shape index (κ3) is 5.10. The van der Waals surface area contributed by atoms with Crippen molar-refractivity contribution in [2.75, 3.05) is 13.2 Å². The van der Waals surface area contributed by atoms with E-state index in [1.807, 2.05) is 36.4 Å². The molecule has 0 aromatic heterocycles. The summed E-state index contributed by atoms with van der Waals surface area (Å²) in [6.45, 7) is 4.77. The highest BCUT2D eigenvalue weighted by Crippen LogP contribution is 2.22. The number of aliphatic hydroxyl groups is 1. The van der Waals surface area contributed by atoms with Gasteiger partial charge in [-0.05, 0) is 30.0 Å². The monoisotopic (exact) mass is 327 g/mol. The van der Waals surface area contributed by atoms with E-state index in [9.17, 15) is 4.79 Å². The summed E-state index contributed by atoms with van der Waals surface area (Å²) in [6, 6.07) is 15.7. The standard InChI is InChI=1S/C20H25NO3/c1-15-7-3-5-9-18(15)16(2)13-20(23)21-14-17-8-4-6-10-19(17)24-12-11-22/h3-10,16,22H,11-14H2,1-2H3,(H,21,23). The molecule has 0 saturated heterocycles. The molecule has 128 valence electrons. The third-order valence-corrected chi connectivity index (χ3v) is 4.01. The highest BCUT2D eigenvalue weighted by atomic mass is 16.5. The van der Waals surface area contributed by atoms with E-state index in [2.05, 4.69) is 31.3 Å². The molecule has 1 unspecified atom stereocenters. The number of hydrogen-bond donors (Lipinski definition) is 2. The number of aryl methyl sites for hydroxylation is 1. The van der Waals surface area contributed by atoms with Crippen molar-refractivity contribution >= 4 is 5.91 Å². The van der Waals surface area contributed by atoms with Crippen LogP contribution in [0.1, 0.15) is 36.0 Å². The zero-order chi connectivity index (χ0) is 17.4. The number of para-hydroxylation sites is 1. The lowest BCUT2D eigenvalue weighted by Crippen LogP contribution is -2.24. The van der Waals surface area contributed by atoms with Gasteiger partial charge in [0.25, 0.3) is 0 Å². The van der Waals surface area contributed by atoms with E-state index >= 15 is 0 Å². The molecular weight excluding hydrogens is 302 g/mol. The second kappa shape index (κ2) is 9.08. The predicted molar refractivity (Wildman–Crippen MR) is 95.1 cm³/mol. The summed E-state index contributed by atoms with van der Waals surface area (Å²) in [4.78, 5) is 12.2. The Morgan fingerprint density at radius 1 is 1.17 bits per heavy atom. The lowest BCUT2D eigenvalue weighted by molar-refractivity contribution is -0.121. The number of nitrogens with one attached hydrogen (secondary N) is 1. The van der Waals surface area contributed by atoms with E-state index in [4.69, 9.17) is 9.84 Å². The van der Waals surface area contributed by atoms with Gasteiger partial charge in [0.2, 0.25) is 5.91 Å². The van der Waals surface area contributed by atoms with E-state index in [0.717, 1.165) is 5.56 Å². The number of ether oxygens (including phenoxy) is 1. The Labute approximate surface area is 143 Å². The van der Waals surface area contributed by atoms with Gasteiger partial charge in [0.15, 0.2) is 0 Å². The van der Waals surface area contributed by atoms with Gasteiger partial charge in [0, 0.05) is 18.5 Å². The van der Waals surface area contributed by atoms with Crippen molar-refractivity contribution in [2.45, 2.75) is 32.7 Å². The van der Waals surface area contributed by atoms with Crippen LogP contribution in [0.4, 0.5) is 0 Å². The van der Waals surface area contributed by atoms with Gasteiger partial charge < -0.3 is 15.2 Å². The SMILES string of the molecule is Cc1ccccc1C(C)CC(=O)NCc1ccccc1OCCO.